The first-order chi connectivity index (χ1) is 8.04. The summed E-state index contributed by atoms with van der Waals surface area (Å²) in [6, 6.07) is 4.62. The molecule has 94 valence electrons. The van der Waals surface area contributed by atoms with Crippen molar-refractivity contribution < 1.29 is 4.39 Å². The number of hydrogen-bond donors (Lipinski definition) is 1. The summed E-state index contributed by atoms with van der Waals surface area (Å²) in [5.74, 6) is 0.150. The molecule has 0 atom stereocenters. The van der Waals surface area contributed by atoms with E-state index in [4.69, 9.17) is 11.6 Å². The normalized spacial score (nSPS) is 12.2. The Hall–Kier alpha value is -0.860. The zero-order valence-electron chi connectivity index (χ0n) is 10.6. The van der Waals surface area contributed by atoms with E-state index in [0.29, 0.717) is 16.5 Å². The molecule has 0 spiro atoms. The van der Waals surface area contributed by atoms with E-state index in [-0.39, 0.29) is 5.82 Å². The predicted molar refractivity (Wildman–Crippen MR) is 72.8 cm³/mol. The minimum atomic E-state index is -0.232. The van der Waals surface area contributed by atoms with Crippen molar-refractivity contribution in [3.8, 4) is 0 Å². The van der Waals surface area contributed by atoms with E-state index >= 15 is 0 Å². The first-order valence-electron chi connectivity index (χ1n) is 5.90. The zero-order valence-corrected chi connectivity index (χ0v) is 11.3. The van der Waals surface area contributed by atoms with Crippen LogP contribution in [0.25, 0.3) is 6.08 Å². The summed E-state index contributed by atoms with van der Waals surface area (Å²) in [7, 11) is 0. The van der Waals surface area contributed by atoms with E-state index in [0.717, 1.165) is 13.1 Å². The maximum Gasteiger partial charge on any atom is 0.130 e. The van der Waals surface area contributed by atoms with Crippen LogP contribution in [0.15, 0.2) is 23.8 Å². The van der Waals surface area contributed by atoms with Crippen molar-refractivity contribution in [2.45, 2.75) is 20.8 Å². The van der Waals surface area contributed by atoms with Crippen LogP contribution in [-0.2, 0) is 0 Å². The Bertz CT molecular complexity index is 399. The lowest BCUT2D eigenvalue weighted by atomic mass is 10.00. The molecule has 1 aromatic carbocycles. The van der Waals surface area contributed by atoms with Gasteiger partial charge in [-0.15, -0.1) is 0 Å². The highest BCUT2D eigenvalue weighted by Crippen LogP contribution is 2.20. The first kappa shape index (κ1) is 14.2. The number of benzene rings is 1. The molecule has 17 heavy (non-hydrogen) atoms. The van der Waals surface area contributed by atoms with Gasteiger partial charge in [0.15, 0.2) is 0 Å². The van der Waals surface area contributed by atoms with Crippen LogP contribution in [0, 0.1) is 11.7 Å². The largest absolute Gasteiger partial charge is 0.313 e. The molecule has 0 saturated carbocycles. The molecule has 0 unspecified atom stereocenters. The lowest BCUT2D eigenvalue weighted by Crippen LogP contribution is -2.18. The molecular formula is C14H19ClFN. The van der Waals surface area contributed by atoms with Gasteiger partial charge in [0.1, 0.15) is 5.82 Å². The minimum Gasteiger partial charge on any atom is -0.313 e. The third kappa shape index (κ3) is 4.49. The van der Waals surface area contributed by atoms with Crippen LogP contribution in [0.3, 0.4) is 0 Å². The molecule has 1 rings (SSSR count). The summed E-state index contributed by atoms with van der Waals surface area (Å²) in [6.45, 7) is 7.94. The maximum absolute atomic E-state index is 13.6. The quantitative estimate of drug-likeness (QED) is 0.834. The van der Waals surface area contributed by atoms with Gasteiger partial charge in [-0.25, -0.2) is 4.39 Å². The van der Waals surface area contributed by atoms with Crippen LogP contribution in [0.5, 0.6) is 0 Å². The lowest BCUT2D eigenvalue weighted by Gasteiger charge is -2.12. The van der Waals surface area contributed by atoms with Crippen molar-refractivity contribution in [1.82, 2.24) is 5.32 Å². The summed E-state index contributed by atoms with van der Waals surface area (Å²) in [6.07, 6.45) is 1.88. The standard InChI is InChI=1S/C14H19ClFN/c1-4-17-9-12(10(2)3)7-11-8-13(15)5-6-14(11)16/h5-8,10,17H,4,9H2,1-3H3/b12-7-. The molecule has 3 heteroatoms. The summed E-state index contributed by atoms with van der Waals surface area (Å²) in [4.78, 5) is 0. The van der Waals surface area contributed by atoms with Gasteiger partial charge in [0.2, 0.25) is 0 Å². The predicted octanol–water partition coefficient (Wildman–Crippen LogP) is 4.13. The Kier molecular flexibility index (Phi) is 5.66. The highest BCUT2D eigenvalue weighted by molar-refractivity contribution is 6.30. The second-order valence-corrected chi connectivity index (χ2v) is 4.76. The molecule has 1 aromatic rings. The van der Waals surface area contributed by atoms with E-state index in [1.54, 1.807) is 12.1 Å². The van der Waals surface area contributed by atoms with Gasteiger partial charge in [-0.2, -0.15) is 0 Å². The SMILES string of the molecule is CCNC/C(=C/c1cc(Cl)ccc1F)C(C)C. The summed E-state index contributed by atoms with van der Waals surface area (Å²) < 4.78 is 13.6. The molecule has 0 bridgehead atoms. The lowest BCUT2D eigenvalue weighted by molar-refractivity contribution is 0.623. The van der Waals surface area contributed by atoms with Crippen LogP contribution in [0.1, 0.15) is 26.3 Å². The van der Waals surface area contributed by atoms with Crippen molar-refractivity contribution in [1.29, 1.82) is 0 Å². The molecule has 0 heterocycles. The molecule has 0 aliphatic rings. The number of rotatable bonds is 5. The van der Waals surface area contributed by atoms with Gasteiger partial charge in [-0.05, 0) is 30.7 Å². The molecule has 0 aliphatic carbocycles. The minimum absolute atomic E-state index is 0.232. The monoisotopic (exact) mass is 255 g/mol. The first-order valence-corrected chi connectivity index (χ1v) is 6.28. The van der Waals surface area contributed by atoms with Crippen molar-refractivity contribution in [3.05, 3.63) is 40.2 Å². The van der Waals surface area contributed by atoms with E-state index in [1.807, 2.05) is 6.08 Å². The molecule has 0 aliphatic heterocycles. The molecule has 0 saturated heterocycles. The Morgan fingerprint density at radius 1 is 1.47 bits per heavy atom. The average Bonchev–Trinajstić information content (AvgIpc) is 2.28. The third-order valence-corrected chi connectivity index (χ3v) is 2.85. The van der Waals surface area contributed by atoms with Crippen LogP contribution in [0.4, 0.5) is 4.39 Å². The van der Waals surface area contributed by atoms with Gasteiger partial charge in [-0.3, -0.25) is 0 Å². The van der Waals surface area contributed by atoms with Gasteiger partial charge in [-0.1, -0.05) is 44.0 Å². The summed E-state index contributed by atoms with van der Waals surface area (Å²) in [5, 5.41) is 3.82. The van der Waals surface area contributed by atoms with Gasteiger partial charge in [0.25, 0.3) is 0 Å². The molecule has 0 amide bonds. The second-order valence-electron chi connectivity index (χ2n) is 4.32. The number of nitrogens with one attached hydrogen (secondary N) is 1. The van der Waals surface area contributed by atoms with Gasteiger partial charge >= 0.3 is 0 Å². The van der Waals surface area contributed by atoms with Crippen LogP contribution in [-0.4, -0.2) is 13.1 Å². The fourth-order valence-electron chi connectivity index (χ4n) is 1.52. The second kappa shape index (κ2) is 6.77. The highest BCUT2D eigenvalue weighted by Gasteiger charge is 2.06. The molecule has 1 N–H and O–H groups in total. The molecular weight excluding hydrogens is 237 g/mol. The molecule has 0 fully saturated rings. The fourth-order valence-corrected chi connectivity index (χ4v) is 1.70. The zero-order chi connectivity index (χ0) is 12.8. The fraction of sp³-hybridized carbons (Fsp3) is 0.429. The van der Waals surface area contributed by atoms with Crippen molar-refractivity contribution in [2.24, 2.45) is 5.92 Å². The van der Waals surface area contributed by atoms with E-state index in [2.05, 4.69) is 26.1 Å². The van der Waals surface area contributed by atoms with Gasteiger partial charge in [0.05, 0.1) is 0 Å². The van der Waals surface area contributed by atoms with Crippen molar-refractivity contribution >= 4 is 17.7 Å². The number of halogens is 2. The van der Waals surface area contributed by atoms with Crippen LogP contribution < -0.4 is 5.32 Å². The smallest absolute Gasteiger partial charge is 0.130 e. The average molecular weight is 256 g/mol. The third-order valence-electron chi connectivity index (χ3n) is 2.62. The van der Waals surface area contributed by atoms with E-state index in [9.17, 15) is 4.39 Å². The van der Waals surface area contributed by atoms with Crippen molar-refractivity contribution in [3.63, 3.8) is 0 Å². The topological polar surface area (TPSA) is 12.0 Å². The van der Waals surface area contributed by atoms with Crippen LogP contribution in [0.2, 0.25) is 5.02 Å². The maximum atomic E-state index is 13.6. The molecule has 0 aromatic heterocycles. The summed E-state index contributed by atoms with van der Waals surface area (Å²) in [5.41, 5.74) is 1.73. The van der Waals surface area contributed by atoms with Crippen LogP contribution >= 0.6 is 11.6 Å². The Morgan fingerprint density at radius 3 is 2.76 bits per heavy atom. The van der Waals surface area contributed by atoms with Gasteiger partial charge < -0.3 is 5.32 Å². The summed E-state index contributed by atoms with van der Waals surface area (Å²) >= 11 is 5.87. The van der Waals surface area contributed by atoms with E-state index in [1.165, 1.54) is 11.6 Å². The molecule has 1 nitrogen and oxygen atoms in total. The van der Waals surface area contributed by atoms with Gasteiger partial charge in [0, 0.05) is 17.1 Å². The number of likely N-dealkylation sites (N-methyl/N-ethyl adjacent to an activating group) is 1. The van der Waals surface area contributed by atoms with E-state index < -0.39 is 0 Å². The Morgan fingerprint density at radius 2 is 2.18 bits per heavy atom. The Labute approximate surface area is 108 Å². The molecule has 0 radical (unpaired) electrons. The number of hydrogen-bond acceptors (Lipinski definition) is 1. The van der Waals surface area contributed by atoms with Crippen molar-refractivity contribution in [2.75, 3.05) is 13.1 Å². The highest BCUT2D eigenvalue weighted by atomic mass is 35.5. The Balaban J connectivity index is 2.99.